The van der Waals surface area contributed by atoms with Gasteiger partial charge in [-0.1, -0.05) is 43.5 Å². The highest BCUT2D eigenvalue weighted by atomic mass is 32.2. The maximum Gasteiger partial charge on any atom is 0.229 e. The van der Waals surface area contributed by atoms with E-state index in [0.29, 0.717) is 22.8 Å². The molecule has 8 nitrogen and oxygen atoms in total. The van der Waals surface area contributed by atoms with Crippen LogP contribution in [0.3, 0.4) is 0 Å². The van der Waals surface area contributed by atoms with E-state index in [4.69, 9.17) is 10.5 Å². The van der Waals surface area contributed by atoms with Crippen LogP contribution in [0, 0.1) is 0 Å². The molecule has 0 bridgehead atoms. The molecule has 1 aliphatic carbocycles. The lowest BCUT2D eigenvalue weighted by Gasteiger charge is -2.38. The van der Waals surface area contributed by atoms with Crippen LogP contribution in [0.15, 0.2) is 53.6 Å². The van der Waals surface area contributed by atoms with Crippen LogP contribution >= 0.6 is 0 Å². The molecule has 0 atom stereocenters. The van der Waals surface area contributed by atoms with Gasteiger partial charge in [0.2, 0.25) is 5.95 Å². The summed E-state index contributed by atoms with van der Waals surface area (Å²) in [5.74, 6) is 1.24. The van der Waals surface area contributed by atoms with Crippen molar-refractivity contribution in [1.29, 1.82) is 0 Å². The molecule has 5 rings (SSSR count). The predicted molar refractivity (Wildman–Crippen MR) is 161 cm³/mol. The predicted octanol–water partition coefficient (Wildman–Crippen LogP) is 5.96. The number of nitrogens with zero attached hydrogens (tertiary/aromatic N) is 3. The highest BCUT2D eigenvalue weighted by Gasteiger charge is 2.38. The van der Waals surface area contributed by atoms with E-state index in [9.17, 15) is 8.42 Å². The fraction of sp³-hybridized carbons (Fsp3) is 0.484. The van der Waals surface area contributed by atoms with Crippen LogP contribution in [0.4, 0.5) is 17.5 Å². The van der Waals surface area contributed by atoms with Gasteiger partial charge in [0.15, 0.2) is 9.84 Å². The Kier molecular flexibility index (Phi) is 8.33. The average molecular weight is 564 g/mol. The summed E-state index contributed by atoms with van der Waals surface area (Å²) in [6.07, 6.45) is 10.4. The van der Waals surface area contributed by atoms with Gasteiger partial charge in [-0.25, -0.2) is 13.4 Å². The van der Waals surface area contributed by atoms with E-state index in [1.54, 1.807) is 51.4 Å². The highest BCUT2D eigenvalue weighted by molar-refractivity contribution is 7.92. The van der Waals surface area contributed by atoms with Gasteiger partial charge in [0.05, 0.1) is 22.9 Å². The zero-order valence-corrected chi connectivity index (χ0v) is 24.6. The van der Waals surface area contributed by atoms with Gasteiger partial charge in [-0.3, -0.25) is 0 Å². The van der Waals surface area contributed by atoms with Crippen molar-refractivity contribution in [3.63, 3.8) is 0 Å². The number of ether oxygens (including phenoxy) is 1. The van der Waals surface area contributed by atoms with Crippen LogP contribution in [0.5, 0.6) is 5.75 Å². The van der Waals surface area contributed by atoms with Crippen molar-refractivity contribution in [3.05, 3.63) is 54.2 Å². The SMILES string of the molecule is COc1ccc(C2(CN3CCCCC3)CCCC2)cc1Nc1ncc(-c2ccccc2S(=O)(=O)C(C)C)c(N)n1. The number of nitrogens with one attached hydrogen (secondary N) is 1. The van der Waals surface area contributed by atoms with Crippen molar-refractivity contribution in [2.75, 3.05) is 37.8 Å². The van der Waals surface area contributed by atoms with Gasteiger partial charge >= 0.3 is 0 Å². The topological polar surface area (TPSA) is 110 Å². The molecule has 3 N–H and O–H groups in total. The minimum atomic E-state index is -3.52. The second-order valence-corrected chi connectivity index (χ2v) is 13.9. The van der Waals surface area contributed by atoms with Gasteiger partial charge in [0.1, 0.15) is 11.6 Å². The molecular weight excluding hydrogens is 522 g/mol. The average Bonchev–Trinajstić information content (AvgIpc) is 3.43. The summed E-state index contributed by atoms with van der Waals surface area (Å²) in [6, 6.07) is 13.3. The number of sulfone groups is 1. The van der Waals surface area contributed by atoms with Gasteiger partial charge < -0.3 is 20.7 Å². The molecule has 214 valence electrons. The molecule has 0 spiro atoms. The minimum Gasteiger partial charge on any atom is -0.495 e. The summed E-state index contributed by atoms with van der Waals surface area (Å²) in [5, 5.41) is 2.77. The molecular formula is C31H41N5O3S. The first-order valence-corrected chi connectivity index (χ1v) is 15.9. The number of piperidine rings is 1. The molecule has 3 aromatic rings. The fourth-order valence-electron chi connectivity index (χ4n) is 6.25. The molecule has 1 aromatic heterocycles. The third kappa shape index (κ3) is 5.67. The van der Waals surface area contributed by atoms with Gasteiger partial charge in [-0.2, -0.15) is 4.98 Å². The molecule has 1 saturated heterocycles. The van der Waals surface area contributed by atoms with E-state index < -0.39 is 15.1 Å². The highest BCUT2D eigenvalue weighted by Crippen LogP contribution is 2.44. The third-order valence-corrected chi connectivity index (χ3v) is 10.7. The molecule has 0 amide bonds. The molecule has 0 unspecified atom stereocenters. The number of hydrogen-bond acceptors (Lipinski definition) is 8. The van der Waals surface area contributed by atoms with Crippen molar-refractivity contribution >= 4 is 27.3 Å². The molecule has 2 fully saturated rings. The monoisotopic (exact) mass is 563 g/mol. The number of nitrogen functional groups attached to an aromatic ring is 1. The first kappa shape index (κ1) is 28.4. The summed E-state index contributed by atoms with van der Waals surface area (Å²) < 4.78 is 31.7. The number of hydrogen-bond donors (Lipinski definition) is 2. The van der Waals surface area contributed by atoms with Gasteiger partial charge in [-0.05, 0) is 76.4 Å². The van der Waals surface area contributed by atoms with Gasteiger partial charge in [0.25, 0.3) is 0 Å². The summed E-state index contributed by atoms with van der Waals surface area (Å²) in [6.45, 7) is 6.80. The Hall–Kier alpha value is -3.17. The second-order valence-electron chi connectivity index (χ2n) is 11.4. The van der Waals surface area contributed by atoms with Crippen LogP contribution in [0.1, 0.15) is 64.4 Å². The van der Waals surface area contributed by atoms with Crippen molar-refractivity contribution in [2.24, 2.45) is 0 Å². The van der Waals surface area contributed by atoms with E-state index in [-0.39, 0.29) is 16.1 Å². The number of likely N-dealkylation sites (tertiary alicyclic amines) is 1. The van der Waals surface area contributed by atoms with E-state index in [2.05, 4.69) is 32.3 Å². The zero-order chi connectivity index (χ0) is 28.3. The number of methoxy groups -OCH3 is 1. The number of rotatable bonds is 9. The number of benzene rings is 2. The normalized spacial score (nSPS) is 17.7. The maximum absolute atomic E-state index is 13.0. The molecule has 1 saturated carbocycles. The van der Waals surface area contributed by atoms with Crippen molar-refractivity contribution in [1.82, 2.24) is 14.9 Å². The third-order valence-electron chi connectivity index (χ3n) is 8.52. The van der Waals surface area contributed by atoms with E-state index >= 15 is 0 Å². The minimum absolute atomic E-state index is 0.134. The van der Waals surface area contributed by atoms with Gasteiger partial charge in [-0.15, -0.1) is 0 Å². The zero-order valence-electron chi connectivity index (χ0n) is 23.8. The fourth-order valence-corrected chi connectivity index (χ4v) is 7.51. The Morgan fingerprint density at radius 2 is 1.75 bits per heavy atom. The van der Waals surface area contributed by atoms with Crippen LogP contribution in [0.2, 0.25) is 0 Å². The number of anilines is 3. The Morgan fingerprint density at radius 1 is 1.02 bits per heavy atom. The lowest BCUT2D eigenvalue weighted by atomic mass is 9.77. The smallest absolute Gasteiger partial charge is 0.229 e. The Balaban J connectivity index is 1.45. The van der Waals surface area contributed by atoms with Crippen LogP contribution in [0.25, 0.3) is 11.1 Å². The molecule has 2 aliphatic rings. The van der Waals surface area contributed by atoms with Crippen molar-refractivity contribution in [3.8, 4) is 16.9 Å². The lowest BCUT2D eigenvalue weighted by molar-refractivity contribution is 0.176. The molecule has 1 aliphatic heterocycles. The maximum atomic E-state index is 13.0. The Morgan fingerprint density at radius 3 is 2.42 bits per heavy atom. The van der Waals surface area contributed by atoms with Crippen molar-refractivity contribution < 1.29 is 13.2 Å². The summed E-state index contributed by atoms with van der Waals surface area (Å²) in [5.41, 5.74) is 9.62. The largest absolute Gasteiger partial charge is 0.495 e. The van der Waals surface area contributed by atoms with Crippen molar-refractivity contribution in [2.45, 2.75) is 74.4 Å². The standard InChI is InChI=1S/C31H41N5O3S/c1-22(2)40(37,38)28-12-6-5-11-24(28)25-20-33-30(35-29(25)32)34-26-19-23(13-14-27(26)39-3)31(15-7-8-16-31)21-36-17-9-4-10-18-36/h5-6,11-14,19-20,22H,4,7-10,15-18,21H2,1-3H3,(H3,32,33,34,35). The second kappa shape index (κ2) is 11.7. The Bertz CT molecular complexity index is 1450. The molecule has 0 radical (unpaired) electrons. The van der Waals surface area contributed by atoms with E-state index in [1.165, 1.54) is 63.6 Å². The van der Waals surface area contributed by atoms with Crippen LogP contribution < -0.4 is 15.8 Å². The lowest BCUT2D eigenvalue weighted by Crippen LogP contribution is -2.41. The summed E-state index contributed by atoms with van der Waals surface area (Å²) in [4.78, 5) is 11.9. The van der Waals surface area contributed by atoms with Gasteiger partial charge in [0, 0.05) is 29.3 Å². The summed E-state index contributed by atoms with van der Waals surface area (Å²) >= 11 is 0. The summed E-state index contributed by atoms with van der Waals surface area (Å²) in [7, 11) is -1.86. The van der Waals surface area contributed by atoms with E-state index in [1.807, 2.05) is 6.07 Å². The van der Waals surface area contributed by atoms with Crippen LogP contribution in [-0.4, -0.2) is 55.3 Å². The van der Waals surface area contributed by atoms with E-state index in [0.717, 1.165) is 12.2 Å². The van der Waals surface area contributed by atoms with Crippen LogP contribution in [-0.2, 0) is 15.3 Å². The first-order chi connectivity index (χ1) is 19.2. The molecule has 9 heteroatoms. The molecule has 2 heterocycles. The molecule has 40 heavy (non-hydrogen) atoms. The quantitative estimate of drug-likeness (QED) is 0.328. The first-order valence-electron chi connectivity index (χ1n) is 14.4. The number of aromatic nitrogens is 2. The Labute approximate surface area is 238 Å². The number of nitrogens with two attached hydrogens (primary N) is 1. The molecule has 2 aromatic carbocycles.